The van der Waals surface area contributed by atoms with Gasteiger partial charge in [-0.1, -0.05) is 19.9 Å². The Morgan fingerprint density at radius 1 is 1.17 bits per heavy atom. The molecule has 0 fully saturated rings. The molecule has 0 unspecified atom stereocenters. The van der Waals surface area contributed by atoms with Crippen LogP contribution in [0.5, 0.6) is 5.75 Å². The molecule has 0 spiro atoms. The molecule has 0 aliphatic rings. The number of hydrogen-bond acceptors (Lipinski definition) is 3. The van der Waals surface area contributed by atoms with Crippen LogP contribution in [0.15, 0.2) is 57.3 Å². The molecule has 3 rings (SSSR count). The Balaban J connectivity index is 0.00000320. The quantitative estimate of drug-likeness (QED) is 0.315. The maximum atomic E-state index is 13.0. The van der Waals surface area contributed by atoms with Crippen molar-refractivity contribution in [1.29, 1.82) is 0 Å². The van der Waals surface area contributed by atoms with Crippen LogP contribution in [0.25, 0.3) is 11.3 Å². The Labute approximate surface area is 196 Å². The van der Waals surface area contributed by atoms with Crippen LogP contribution in [0.2, 0.25) is 0 Å². The summed E-state index contributed by atoms with van der Waals surface area (Å²) in [6, 6.07) is 10.9. The fourth-order valence-electron chi connectivity index (χ4n) is 2.88. The number of alkyl halides is 3. The first-order chi connectivity index (χ1) is 13.7. The molecule has 2 aromatic carbocycles. The number of ether oxygens (including phenoxy) is 1. The Bertz CT molecular complexity index is 1070. The Morgan fingerprint density at radius 3 is 2.50 bits per heavy atom. The molecule has 1 heterocycles. The van der Waals surface area contributed by atoms with E-state index in [2.05, 4.69) is 34.8 Å². The number of hydrogen-bond donors (Lipinski definition) is 0. The molecule has 0 bridgehead atoms. The van der Waals surface area contributed by atoms with Gasteiger partial charge in [0.15, 0.2) is 4.80 Å². The molecular formula is C21H21Br2F3N2OS. The summed E-state index contributed by atoms with van der Waals surface area (Å²) in [4.78, 5) is 5.17. The molecule has 1 aromatic heterocycles. The maximum absolute atomic E-state index is 13.0. The lowest BCUT2D eigenvalue weighted by atomic mass is 10.1. The third-order valence-corrected chi connectivity index (χ3v) is 5.67. The van der Waals surface area contributed by atoms with Gasteiger partial charge in [-0.3, -0.25) is 0 Å². The van der Waals surface area contributed by atoms with E-state index in [0.717, 1.165) is 33.6 Å². The largest absolute Gasteiger partial charge is 0.496 e. The minimum Gasteiger partial charge on any atom is -0.496 e. The van der Waals surface area contributed by atoms with Crippen molar-refractivity contribution in [2.24, 2.45) is 10.9 Å². The predicted molar refractivity (Wildman–Crippen MR) is 124 cm³/mol. The second-order valence-electron chi connectivity index (χ2n) is 6.92. The van der Waals surface area contributed by atoms with Gasteiger partial charge < -0.3 is 9.30 Å². The van der Waals surface area contributed by atoms with Gasteiger partial charge in [-0.2, -0.15) is 13.2 Å². The summed E-state index contributed by atoms with van der Waals surface area (Å²) in [7, 11) is 1.61. The number of methoxy groups -OCH3 is 1. The Hall–Kier alpha value is -1.58. The van der Waals surface area contributed by atoms with Crippen LogP contribution >= 0.6 is 44.2 Å². The SMILES string of the molecule is Br.COc1ccc(-c2csc(=Nc3cccc(C(F)(F)F)c3)n2CC(C)C)cc1Br. The number of rotatable bonds is 5. The molecular weight excluding hydrogens is 545 g/mol. The van der Waals surface area contributed by atoms with Crippen LogP contribution in [-0.4, -0.2) is 11.7 Å². The Morgan fingerprint density at radius 2 is 1.90 bits per heavy atom. The fourth-order valence-corrected chi connectivity index (χ4v) is 4.36. The smallest absolute Gasteiger partial charge is 0.416 e. The predicted octanol–water partition coefficient (Wildman–Crippen LogP) is 7.47. The number of halogens is 5. The van der Waals surface area contributed by atoms with Crippen molar-refractivity contribution in [1.82, 2.24) is 4.57 Å². The Kier molecular flexibility index (Phi) is 8.35. The third kappa shape index (κ3) is 5.76. The van der Waals surface area contributed by atoms with Crippen molar-refractivity contribution >= 4 is 49.9 Å². The van der Waals surface area contributed by atoms with Crippen molar-refractivity contribution in [3.8, 4) is 17.0 Å². The van der Waals surface area contributed by atoms with Crippen molar-refractivity contribution < 1.29 is 17.9 Å². The zero-order valence-electron chi connectivity index (χ0n) is 16.5. The minimum atomic E-state index is -4.39. The number of aromatic nitrogens is 1. The van der Waals surface area contributed by atoms with Gasteiger partial charge in [0.1, 0.15) is 5.75 Å². The molecule has 0 saturated carbocycles. The second kappa shape index (κ2) is 10.2. The monoisotopic (exact) mass is 564 g/mol. The highest BCUT2D eigenvalue weighted by atomic mass is 79.9. The lowest BCUT2D eigenvalue weighted by Gasteiger charge is -2.13. The molecule has 0 radical (unpaired) electrons. The van der Waals surface area contributed by atoms with Gasteiger partial charge >= 0.3 is 6.18 Å². The first kappa shape index (κ1) is 24.7. The van der Waals surface area contributed by atoms with Crippen molar-refractivity contribution in [3.63, 3.8) is 0 Å². The first-order valence-electron chi connectivity index (χ1n) is 8.93. The number of benzene rings is 2. The lowest BCUT2D eigenvalue weighted by Crippen LogP contribution is -2.19. The third-order valence-electron chi connectivity index (χ3n) is 4.19. The van der Waals surface area contributed by atoms with E-state index in [1.54, 1.807) is 13.2 Å². The summed E-state index contributed by atoms with van der Waals surface area (Å²) >= 11 is 4.91. The van der Waals surface area contributed by atoms with Crippen molar-refractivity contribution in [3.05, 3.63) is 62.7 Å². The van der Waals surface area contributed by atoms with E-state index in [4.69, 9.17) is 4.74 Å². The zero-order valence-corrected chi connectivity index (χ0v) is 20.6. The molecule has 30 heavy (non-hydrogen) atoms. The maximum Gasteiger partial charge on any atom is 0.416 e. The van der Waals surface area contributed by atoms with Crippen LogP contribution in [0.3, 0.4) is 0 Å². The molecule has 0 saturated heterocycles. The van der Waals surface area contributed by atoms with Gasteiger partial charge in [0, 0.05) is 17.5 Å². The normalized spacial score (nSPS) is 12.2. The molecule has 3 aromatic rings. The summed E-state index contributed by atoms with van der Waals surface area (Å²) in [5.74, 6) is 1.07. The number of thiazole rings is 1. The molecule has 0 atom stereocenters. The van der Waals surface area contributed by atoms with Crippen molar-refractivity contribution in [2.75, 3.05) is 7.11 Å². The highest BCUT2D eigenvalue weighted by Gasteiger charge is 2.30. The average Bonchev–Trinajstić information content (AvgIpc) is 3.03. The van der Waals surface area contributed by atoms with Gasteiger partial charge in [0.2, 0.25) is 0 Å². The molecule has 0 N–H and O–H groups in total. The molecule has 0 amide bonds. The van der Waals surface area contributed by atoms with Gasteiger partial charge in [0.25, 0.3) is 0 Å². The summed E-state index contributed by atoms with van der Waals surface area (Å²) in [5, 5.41) is 1.98. The standard InChI is InChI=1S/C21H20BrF3N2OS.BrH/c1-13(2)11-27-18(14-7-8-19(28-3)17(22)9-14)12-29-20(27)26-16-6-4-5-15(10-16)21(23,24)25;/h4-10,12-13H,11H2,1-3H3;1H. The summed E-state index contributed by atoms with van der Waals surface area (Å²) in [6.07, 6.45) is -4.39. The second-order valence-corrected chi connectivity index (χ2v) is 8.61. The van der Waals surface area contributed by atoms with E-state index in [0.29, 0.717) is 17.3 Å². The average molecular weight is 566 g/mol. The van der Waals surface area contributed by atoms with Gasteiger partial charge in [-0.05, 0) is 58.2 Å². The molecule has 9 heteroatoms. The van der Waals surface area contributed by atoms with E-state index >= 15 is 0 Å². The summed E-state index contributed by atoms with van der Waals surface area (Å²) < 4.78 is 47.2. The van der Waals surface area contributed by atoms with E-state index in [1.165, 1.54) is 17.4 Å². The van der Waals surface area contributed by atoms with Crippen LogP contribution in [0, 0.1) is 5.92 Å². The molecule has 0 aliphatic carbocycles. The van der Waals surface area contributed by atoms with Gasteiger partial charge in [0.05, 0.1) is 28.5 Å². The van der Waals surface area contributed by atoms with Crippen LogP contribution in [0.4, 0.5) is 18.9 Å². The highest BCUT2D eigenvalue weighted by molar-refractivity contribution is 9.10. The minimum absolute atomic E-state index is 0. The van der Waals surface area contributed by atoms with Crippen LogP contribution < -0.4 is 9.54 Å². The zero-order chi connectivity index (χ0) is 21.2. The van der Waals surface area contributed by atoms with Crippen LogP contribution in [0.1, 0.15) is 19.4 Å². The first-order valence-corrected chi connectivity index (χ1v) is 10.6. The number of nitrogens with zero attached hydrogens (tertiary/aromatic N) is 2. The molecule has 162 valence electrons. The molecule has 0 aliphatic heterocycles. The van der Waals surface area contributed by atoms with E-state index in [-0.39, 0.29) is 22.7 Å². The van der Waals surface area contributed by atoms with Gasteiger partial charge in [-0.15, -0.1) is 28.3 Å². The lowest BCUT2D eigenvalue weighted by molar-refractivity contribution is -0.137. The van der Waals surface area contributed by atoms with E-state index in [9.17, 15) is 13.2 Å². The fraction of sp³-hybridized carbons (Fsp3) is 0.286. The topological polar surface area (TPSA) is 26.5 Å². The summed E-state index contributed by atoms with van der Waals surface area (Å²) in [6.45, 7) is 4.87. The highest BCUT2D eigenvalue weighted by Crippen LogP contribution is 2.32. The van der Waals surface area contributed by atoms with E-state index in [1.807, 2.05) is 28.1 Å². The summed E-state index contributed by atoms with van der Waals surface area (Å²) in [5.41, 5.74) is 1.50. The molecule has 3 nitrogen and oxygen atoms in total. The van der Waals surface area contributed by atoms with Gasteiger partial charge in [-0.25, -0.2) is 4.99 Å². The van der Waals surface area contributed by atoms with Crippen molar-refractivity contribution in [2.45, 2.75) is 26.6 Å². The van der Waals surface area contributed by atoms with E-state index < -0.39 is 11.7 Å². The van der Waals surface area contributed by atoms with Crippen LogP contribution in [-0.2, 0) is 12.7 Å².